The lowest BCUT2D eigenvalue weighted by Crippen LogP contribution is -2.43. The predicted octanol–water partition coefficient (Wildman–Crippen LogP) is 7.19. The molecule has 0 amide bonds. The molecule has 5 atom stereocenters. The van der Waals surface area contributed by atoms with E-state index in [1.54, 1.807) is 0 Å². The molecule has 0 aromatic heterocycles. The molecule has 0 saturated heterocycles. The molecule has 0 aromatic rings. The number of unbranched alkanes of at least 4 members (excludes halogenated alkanes) is 3. The summed E-state index contributed by atoms with van der Waals surface area (Å²) in [6, 6.07) is 0. The summed E-state index contributed by atoms with van der Waals surface area (Å²) in [4.78, 5) is 11.3. The normalized spacial score (nSPS) is 29.2. The zero-order valence-electron chi connectivity index (χ0n) is 23.3. The number of rotatable bonds is 13. The Morgan fingerprint density at radius 2 is 2.03 bits per heavy atom. The molecule has 190 valence electrons. The highest BCUT2D eigenvalue weighted by atomic mass is 28.4. The van der Waals surface area contributed by atoms with E-state index in [0.717, 1.165) is 38.5 Å². The van der Waals surface area contributed by atoms with Gasteiger partial charge < -0.3 is 14.3 Å². The second-order valence-electron chi connectivity index (χ2n) is 11.7. The van der Waals surface area contributed by atoms with E-state index in [-0.39, 0.29) is 28.9 Å². The topological polar surface area (TPSA) is 55.8 Å². The second-order valence-corrected chi connectivity index (χ2v) is 16.4. The maximum atomic E-state index is 11.3. The molecule has 0 spiro atoms. The van der Waals surface area contributed by atoms with Gasteiger partial charge in [-0.1, -0.05) is 70.8 Å². The Hall–Kier alpha value is -0.913. The van der Waals surface area contributed by atoms with Crippen molar-refractivity contribution in [3.8, 4) is 0 Å². The molecule has 0 heterocycles. The first-order valence-electron chi connectivity index (χ1n) is 13.7. The molecule has 1 saturated carbocycles. The van der Waals surface area contributed by atoms with Crippen molar-refractivity contribution in [2.24, 2.45) is 17.8 Å². The molecule has 4 nitrogen and oxygen atoms in total. The molecule has 2 rings (SSSR count). The van der Waals surface area contributed by atoms with Crippen molar-refractivity contribution in [2.45, 2.75) is 122 Å². The third kappa shape index (κ3) is 8.36. The zero-order valence-corrected chi connectivity index (χ0v) is 23.3. The number of carbonyl (C=O) groups excluding carboxylic acids is 1. The highest BCUT2D eigenvalue weighted by Gasteiger charge is 2.43. The number of hydrogen-bond donors (Lipinski definition) is 1. The van der Waals surface area contributed by atoms with Crippen molar-refractivity contribution in [1.82, 2.24) is 0 Å². The van der Waals surface area contributed by atoms with Crippen molar-refractivity contribution in [3.05, 3.63) is 23.8 Å². The van der Waals surface area contributed by atoms with Gasteiger partial charge in [-0.3, -0.25) is 4.79 Å². The van der Waals surface area contributed by atoms with Gasteiger partial charge in [0.15, 0.2) is 8.32 Å². The van der Waals surface area contributed by atoms with Gasteiger partial charge in [0.2, 0.25) is 0 Å². The summed E-state index contributed by atoms with van der Waals surface area (Å²) >= 11 is 0. The second kappa shape index (κ2) is 12.7. The molecular formula is C28H50O4Si. The Balaban J connectivity index is 2.04. The van der Waals surface area contributed by atoms with Crippen LogP contribution in [0.15, 0.2) is 23.8 Å². The van der Waals surface area contributed by atoms with E-state index >= 15 is 0 Å². The van der Waals surface area contributed by atoms with Crippen LogP contribution in [0.25, 0.3) is 0 Å². The largest absolute Gasteiger partial charge is 0.469 e. The van der Waals surface area contributed by atoms with Crippen LogP contribution < -0.4 is 0 Å². The van der Waals surface area contributed by atoms with Gasteiger partial charge >= 0.3 is 5.97 Å². The number of aliphatic hydroxyl groups is 1. The van der Waals surface area contributed by atoms with Gasteiger partial charge in [0.05, 0.1) is 20.7 Å². The molecule has 0 unspecified atom stereocenters. The van der Waals surface area contributed by atoms with Crippen LogP contribution >= 0.6 is 0 Å². The third-order valence-corrected chi connectivity index (χ3v) is 12.5. The van der Waals surface area contributed by atoms with Crippen LogP contribution in [-0.4, -0.2) is 38.7 Å². The maximum absolute atomic E-state index is 11.3. The van der Waals surface area contributed by atoms with E-state index < -0.39 is 14.4 Å². The summed E-state index contributed by atoms with van der Waals surface area (Å²) in [5.41, 5.74) is 1.42. The van der Waals surface area contributed by atoms with Crippen molar-refractivity contribution in [3.63, 3.8) is 0 Å². The number of allylic oxidation sites excluding steroid dienone is 2. The fourth-order valence-electron chi connectivity index (χ4n) is 4.93. The van der Waals surface area contributed by atoms with E-state index in [1.165, 1.54) is 25.5 Å². The van der Waals surface area contributed by atoms with E-state index in [9.17, 15) is 9.90 Å². The molecular weight excluding hydrogens is 428 g/mol. The van der Waals surface area contributed by atoms with Crippen LogP contribution in [0.1, 0.15) is 93.3 Å². The van der Waals surface area contributed by atoms with Crippen molar-refractivity contribution in [1.29, 1.82) is 0 Å². The summed E-state index contributed by atoms with van der Waals surface area (Å²) in [5.74, 6) is 0.249. The number of carbonyl (C=O) groups is 1. The monoisotopic (exact) mass is 480 g/mol. The van der Waals surface area contributed by atoms with E-state index in [0.29, 0.717) is 18.8 Å². The summed E-state index contributed by atoms with van der Waals surface area (Å²) in [6.45, 7) is 13.6. The first-order chi connectivity index (χ1) is 15.8. The average Bonchev–Trinajstić information content (AvgIpc) is 3.21. The fraction of sp³-hybridized carbons (Fsp3) is 0.821. The summed E-state index contributed by atoms with van der Waals surface area (Å²) in [6.07, 6.45) is 14.5. The molecule has 1 N–H and O–H groups in total. The number of fused-ring (bicyclic) bond motifs is 1. The summed E-state index contributed by atoms with van der Waals surface area (Å²) < 4.78 is 20.1. The van der Waals surface area contributed by atoms with Gasteiger partial charge in [0.25, 0.3) is 0 Å². The number of methoxy groups -OCH3 is 1. The Morgan fingerprint density at radius 1 is 1.30 bits per heavy atom. The number of hydrogen-bond acceptors (Lipinski definition) is 4. The van der Waals surface area contributed by atoms with Crippen molar-refractivity contribution < 1.29 is 20.4 Å². The minimum Gasteiger partial charge on any atom is -0.469 e. The highest BCUT2D eigenvalue weighted by molar-refractivity contribution is 6.74. The minimum atomic E-state index is -1.91. The third-order valence-electron chi connectivity index (χ3n) is 8.02. The lowest BCUT2D eigenvalue weighted by Gasteiger charge is -2.39. The minimum absolute atomic E-state index is 0.0504. The molecule has 2 aliphatic carbocycles. The van der Waals surface area contributed by atoms with E-state index in [4.69, 9.17) is 10.5 Å². The lowest BCUT2D eigenvalue weighted by atomic mass is 9.88. The van der Waals surface area contributed by atoms with Crippen LogP contribution in [0.2, 0.25) is 18.1 Å². The standard InChI is InChI=1S/C28H50O4Si/c1-8-9-10-14-23(32-33(6,7)28(2,3)4)16-17-24-25-19-21(18-22(25)20-26(24)29)13-11-12-15-27(30)31-5/h16-18,22-26,29H,8-15,19-20H2,1-7H3/b17-16+/t22-,23-,24+,25-,26+/m0/s1/i26T. The fourth-order valence-corrected chi connectivity index (χ4v) is 6.24. The van der Waals surface area contributed by atoms with E-state index in [2.05, 4.69) is 59.0 Å². The van der Waals surface area contributed by atoms with Crippen molar-refractivity contribution in [2.75, 3.05) is 7.11 Å². The lowest BCUT2D eigenvalue weighted by molar-refractivity contribution is -0.140. The van der Waals surface area contributed by atoms with Crippen LogP contribution in [0, 0.1) is 17.8 Å². The number of esters is 1. The Morgan fingerprint density at radius 3 is 2.67 bits per heavy atom. The Bertz CT molecular complexity index is 722. The van der Waals surface area contributed by atoms with Gasteiger partial charge in [0.1, 0.15) is 0 Å². The molecule has 0 aliphatic heterocycles. The predicted molar refractivity (Wildman–Crippen MR) is 140 cm³/mol. The number of ether oxygens (including phenoxy) is 1. The van der Waals surface area contributed by atoms with Crippen LogP contribution in [-0.2, 0) is 14.0 Å². The average molecular weight is 481 g/mol. The van der Waals surface area contributed by atoms with Crippen LogP contribution in [0.3, 0.4) is 0 Å². The molecule has 0 radical (unpaired) electrons. The first-order valence-corrected chi connectivity index (χ1v) is 16.1. The Labute approximate surface area is 205 Å². The van der Waals surface area contributed by atoms with Gasteiger partial charge in [-0.15, -0.1) is 0 Å². The molecule has 1 fully saturated rings. The van der Waals surface area contributed by atoms with Gasteiger partial charge in [-0.2, -0.15) is 0 Å². The molecule has 0 aromatic carbocycles. The Kier molecular flexibility index (Phi) is 10.3. The zero-order chi connectivity index (χ0) is 25.6. The van der Waals surface area contributed by atoms with Gasteiger partial charge in [0, 0.05) is 12.3 Å². The highest BCUT2D eigenvalue weighted by Crippen LogP contribution is 2.48. The summed E-state index contributed by atoms with van der Waals surface area (Å²) in [7, 11) is -0.477. The SMILES string of the molecule is [3H][C@@]1(O)C[C@@H]2C=C(CCCCC(=O)OC)C[C@@H]2[C@H]1/C=C/[C@H](CCCCC)O[Si](C)(C)C(C)(C)C. The van der Waals surface area contributed by atoms with Gasteiger partial charge in [-0.05, 0) is 68.5 Å². The van der Waals surface area contributed by atoms with Crippen LogP contribution in [0.4, 0.5) is 0 Å². The van der Waals surface area contributed by atoms with Crippen LogP contribution in [0.5, 0.6) is 0 Å². The van der Waals surface area contributed by atoms with Crippen molar-refractivity contribution >= 4 is 14.3 Å². The molecule has 5 heteroatoms. The quantitative estimate of drug-likeness (QED) is 0.131. The molecule has 33 heavy (non-hydrogen) atoms. The van der Waals surface area contributed by atoms with E-state index in [1.807, 2.05) is 0 Å². The summed E-state index contributed by atoms with van der Waals surface area (Å²) in [5, 5.41) is 11.1. The smallest absolute Gasteiger partial charge is 0.305 e. The maximum Gasteiger partial charge on any atom is 0.305 e. The molecule has 0 bridgehead atoms. The first kappa shape index (κ1) is 26.7. The van der Waals surface area contributed by atoms with Gasteiger partial charge in [-0.25, -0.2) is 0 Å². The molecule has 2 aliphatic rings.